The number of para-hydroxylation sites is 2. The minimum absolute atomic E-state index is 0.141. The second kappa shape index (κ2) is 9.01. The van der Waals surface area contributed by atoms with E-state index in [2.05, 4.69) is 67.9 Å². The second-order valence-electron chi connectivity index (χ2n) is 8.98. The third-order valence-corrected chi connectivity index (χ3v) is 6.71. The number of hydrogen-bond acceptors (Lipinski definition) is 4. The van der Waals surface area contributed by atoms with Gasteiger partial charge in [-0.2, -0.15) is 0 Å². The molecule has 3 heterocycles. The summed E-state index contributed by atoms with van der Waals surface area (Å²) >= 11 is 0. The first-order valence-corrected chi connectivity index (χ1v) is 11.2. The van der Waals surface area contributed by atoms with Crippen LogP contribution in [0.4, 0.5) is 16.2 Å². The number of aromatic nitrogens is 1. The summed E-state index contributed by atoms with van der Waals surface area (Å²) in [4.78, 5) is 21.6. The lowest BCUT2D eigenvalue weighted by Crippen LogP contribution is -2.62. The molecule has 2 aliphatic rings. The van der Waals surface area contributed by atoms with Crippen LogP contribution in [0.2, 0.25) is 0 Å². The topological polar surface area (TPSA) is 60.5 Å². The molecule has 6 heteroatoms. The zero-order valence-electron chi connectivity index (χ0n) is 18.2. The number of nitrogens with zero attached hydrogens (tertiary/aromatic N) is 3. The van der Waals surface area contributed by atoms with Crippen molar-refractivity contribution in [3.8, 4) is 0 Å². The molecule has 164 valence electrons. The number of carbonyl (C=O) groups excluding carboxylic acids is 1. The summed E-state index contributed by atoms with van der Waals surface area (Å²) in [6.45, 7) is 5.67. The fraction of sp³-hybridized carbons (Fsp3) is 0.308. The van der Waals surface area contributed by atoms with Crippen LogP contribution in [0, 0.1) is 11.3 Å². The molecular formula is C26H29N5O. The molecule has 0 aliphatic carbocycles. The molecule has 0 radical (unpaired) electrons. The number of pyridine rings is 1. The maximum Gasteiger partial charge on any atom is 0.319 e. The Kier molecular flexibility index (Phi) is 5.77. The van der Waals surface area contributed by atoms with E-state index in [0.29, 0.717) is 12.5 Å². The Bertz CT molecular complexity index is 1020. The number of hydrogen-bond donors (Lipinski definition) is 2. The normalized spacial score (nSPS) is 19.5. The van der Waals surface area contributed by atoms with Gasteiger partial charge in [0.1, 0.15) is 0 Å². The van der Waals surface area contributed by atoms with Gasteiger partial charge in [0.05, 0.1) is 0 Å². The van der Waals surface area contributed by atoms with Crippen LogP contribution in [0.25, 0.3) is 0 Å². The third-order valence-electron chi connectivity index (χ3n) is 6.71. The zero-order valence-corrected chi connectivity index (χ0v) is 18.2. The Morgan fingerprint density at radius 1 is 0.938 bits per heavy atom. The fourth-order valence-corrected chi connectivity index (χ4v) is 5.10. The van der Waals surface area contributed by atoms with Gasteiger partial charge < -0.3 is 15.5 Å². The molecule has 1 atom stereocenters. The molecule has 2 fully saturated rings. The summed E-state index contributed by atoms with van der Waals surface area (Å²) in [5, 5.41) is 6.06. The third kappa shape index (κ3) is 4.46. The molecule has 2 saturated heterocycles. The lowest BCUT2D eigenvalue weighted by Gasteiger charge is -2.52. The van der Waals surface area contributed by atoms with Crippen molar-refractivity contribution >= 4 is 17.4 Å². The van der Waals surface area contributed by atoms with Crippen molar-refractivity contribution in [2.45, 2.75) is 6.54 Å². The highest BCUT2D eigenvalue weighted by Crippen LogP contribution is 2.45. The van der Waals surface area contributed by atoms with Crippen molar-refractivity contribution < 1.29 is 4.79 Å². The molecule has 1 aromatic heterocycles. The average molecular weight is 428 g/mol. The van der Waals surface area contributed by atoms with Crippen LogP contribution >= 0.6 is 0 Å². The SMILES string of the molecule is O=C(NCC1CN(Cc2ccncc2)CC12CN(c1ccccc1)C2)Nc1ccccc1. The summed E-state index contributed by atoms with van der Waals surface area (Å²) in [5.41, 5.74) is 3.57. The standard InChI is InChI=1S/C26H29N5O/c32-25(29-23-7-3-1-4-8-23)28-15-22-17-30(16-21-11-13-27-14-12-21)18-26(22)19-31(20-26)24-9-5-2-6-10-24/h1-14,22H,15-20H2,(H2,28,29,32). The molecule has 2 amide bonds. The molecule has 1 spiro atoms. The first-order chi connectivity index (χ1) is 15.7. The second-order valence-corrected chi connectivity index (χ2v) is 8.98. The van der Waals surface area contributed by atoms with Gasteiger partial charge in [0.15, 0.2) is 0 Å². The van der Waals surface area contributed by atoms with Crippen LogP contribution in [0.1, 0.15) is 5.56 Å². The van der Waals surface area contributed by atoms with E-state index in [4.69, 9.17) is 0 Å². The van der Waals surface area contributed by atoms with Crippen molar-refractivity contribution in [2.24, 2.45) is 11.3 Å². The highest BCUT2D eigenvalue weighted by molar-refractivity contribution is 5.89. The smallest absolute Gasteiger partial charge is 0.319 e. The monoisotopic (exact) mass is 427 g/mol. The molecule has 2 N–H and O–H groups in total. The Labute approximate surface area is 189 Å². The highest BCUT2D eigenvalue weighted by atomic mass is 16.2. The number of rotatable bonds is 6. The van der Waals surface area contributed by atoms with E-state index in [1.807, 2.05) is 42.7 Å². The van der Waals surface area contributed by atoms with Crippen molar-refractivity contribution in [1.82, 2.24) is 15.2 Å². The number of nitrogens with one attached hydrogen (secondary N) is 2. The number of urea groups is 1. The number of amides is 2. The van der Waals surface area contributed by atoms with E-state index in [9.17, 15) is 4.79 Å². The molecule has 2 aromatic carbocycles. The van der Waals surface area contributed by atoms with Crippen LogP contribution in [0.3, 0.4) is 0 Å². The van der Waals surface area contributed by atoms with Crippen molar-refractivity contribution in [1.29, 1.82) is 0 Å². The summed E-state index contributed by atoms with van der Waals surface area (Å²) < 4.78 is 0. The summed E-state index contributed by atoms with van der Waals surface area (Å²) in [6.07, 6.45) is 3.71. The quantitative estimate of drug-likeness (QED) is 0.628. The minimum atomic E-state index is -0.141. The molecule has 6 nitrogen and oxygen atoms in total. The Morgan fingerprint density at radius 3 is 2.34 bits per heavy atom. The maximum absolute atomic E-state index is 12.5. The number of benzene rings is 2. The average Bonchev–Trinajstić information content (AvgIpc) is 3.17. The molecule has 3 aromatic rings. The van der Waals surface area contributed by atoms with E-state index in [0.717, 1.165) is 38.4 Å². The molecule has 1 unspecified atom stereocenters. The van der Waals surface area contributed by atoms with Gasteiger partial charge in [-0.05, 0) is 47.9 Å². The van der Waals surface area contributed by atoms with Gasteiger partial charge in [0, 0.05) is 68.5 Å². The van der Waals surface area contributed by atoms with E-state index >= 15 is 0 Å². The molecular weight excluding hydrogens is 398 g/mol. The lowest BCUT2D eigenvalue weighted by molar-refractivity contribution is 0.155. The largest absolute Gasteiger partial charge is 0.370 e. The van der Waals surface area contributed by atoms with Gasteiger partial charge >= 0.3 is 6.03 Å². The van der Waals surface area contributed by atoms with Crippen molar-refractivity contribution in [3.63, 3.8) is 0 Å². The van der Waals surface area contributed by atoms with Crippen LogP contribution < -0.4 is 15.5 Å². The Hall–Kier alpha value is -3.38. The van der Waals surface area contributed by atoms with Crippen LogP contribution in [-0.4, -0.2) is 48.6 Å². The van der Waals surface area contributed by atoms with Crippen molar-refractivity contribution in [3.05, 3.63) is 90.8 Å². The molecule has 0 bridgehead atoms. The van der Waals surface area contributed by atoms with Gasteiger partial charge in [-0.1, -0.05) is 36.4 Å². The Balaban J connectivity index is 1.24. The van der Waals surface area contributed by atoms with Gasteiger partial charge in [0.25, 0.3) is 0 Å². The summed E-state index contributed by atoms with van der Waals surface area (Å²) in [7, 11) is 0. The van der Waals surface area contributed by atoms with E-state index in [-0.39, 0.29) is 11.4 Å². The van der Waals surface area contributed by atoms with Gasteiger partial charge in [-0.15, -0.1) is 0 Å². The van der Waals surface area contributed by atoms with E-state index < -0.39 is 0 Å². The number of carbonyl (C=O) groups is 1. The van der Waals surface area contributed by atoms with Crippen LogP contribution in [0.15, 0.2) is 85.2 Å². The molecule has 32 heavy (non-hydrogen) atoms. The predicted molar refractivity (Wildman–Crippen MR) is 128 cm³/mol. The summed E-state index contributed by atoms with van der Waals surface area (Å²) in [6, 6.07) is 24.2. The maximum atomic E-state index is 12.5. The predicted octanol–water partition coefficient (Wildman–Crippen LogP) is 3.84. The highest BCUT2D eigenvalue weighted by Gasteiger charge is 2.53. The molecule has 5 rings (SSSR count). The van der Waals surface area contributed by atoms with Crippen LogP contribution in [0.5, 0.6) is 0 Å². The fourth-order valence-electron chi connectivity index (χ4n) is 5.10. The number of anilines is 2. The minimum Gasteiger partial charge on any atom is -0.370 e. The zero-order chi connectivity index (χ0) is 21.8. The first-order valence-electron chi connectivity index (χ1n) is 11.2. The first kappa shape index (κ1) is 20.5. The molecule has 2 aliphatic heterocycles. The van der Waals surface area contributed by atoms with Gasteiger partial charge in [0.2, 0.25) is 0 Å². The molecule has 0 saturated carbocycles. The van der Waals surface area contributed by atoms with E-state index in [1.165, 1.54) is 11.3 Å². The van der Waals surface area contributed by atoms with Crippen LogP contribution in [-0.2, 0) is 6.54 Å². The van der Waals surface area contributed by atoms with Gasteiger partial charge in [-0.3, -0.25) is 9.88 Å². The Morgan fingerprint density at radius 2 is 1.62 bits per heavy atom. The number of likely N-dealkylation sites (tertiary alicyclic amines) is 1. The van der Waals surface area contributed by atoms with Crippen molar-refractivity contribution in [2.75, 3.05) is 42.9 Å². The van der Waals surface area contributed by atoms with E-state index in [1.54, 1.807) is 0 Å². The lowest BCUT2D eigenvalue weighted by atomic mass is 9.71. The van der Waals surface area contributed by atoms with Gasteiger partial charge in [-0.25, -0.2) is 4.79 Å². The summed E-state index contributed by atoms with van der Waals surface area (Å²) in [5.74, 6) is 0.408.